The van der Waals surface area contributed by atoms with Crippen LogP contribution in [-0.2, 0) is 16.3 Å². The van der Waals surface area contributed by atoms with Crippen molar-refractivity contribution in [3.05, 3.63) is 118 Å². The number of aromatic nitrogens is 4. The van der Waals surface area contributed by atoms with Crippen molar-refractivity contribution in [2.45, 2.75) is 55.8 Å². The largest absolute Gasteiger partial charge is 0.744 e. The van der Waals surface area contributed by atoms with Gasteiger partial charge < -0.3 is 14.4 Å². The molecule has 3 aromatic carbocycles. The summed E-state index contributed by atoms with van der Waals surface area (Å²) in [6.45, 7) is 1.59. The molecule has 1 aliphatic carbocycles. The maximum Gasteiger partial charge on any atom is 0.416 e. The fraction of sp³-hybridized carbons (Fsp3) is 0.297. The van der Waals surface area contributed by atoms with Crippen molar-refractivity contribution >= 4 is 16.1 Å². The molecule has 1 N–H and O–H groups in total. The molecule has 0 aliphatic heterocycles. The third kappa shape index (κ3) is 8.76. The van der Waals surface area contributed by atoms with Crippen molar-refractivity contribution in [3.8, 4) is 28.8 Å². The number of hydrogen-bond acceptors (Lipinski definition) is 7. The number of nitrogens with zero attached hydrogens (tertiary/aromatic N) is 6. The zero-order valence-electron chi connectivity index (χ0n) is 29.4. The average Bonchev–Trinajstić information content (AvgIpc) is 3.69. The lowest BCUT2D eigenvalue weighted by Crippen LogP contribution is -2.50. The standard InChI is InChI=1S/C31H32F3N7O2.C6H6O3S/c1-20-28(27-16-17-36-40(27)24-12-8-21(19-35)9-13-24)39(29(42)37-23-10-14-26(15-11-23)41(2,3)4)30(43)38(20)25-7-5-6-22(18-25)31(32,33)34;7-10(8,9)6-4-2-1-3-5-6/h5-9,12-13,16-18,23,26H,10-11,14-15H2,1-4H3;1-5H,(H,7,8,9). The Labute approximate surface area is 304 Å². The molecule has 1 aliphatic rings. The zero-order chi connectivity index (χ0) is 38.7. The third-order valence-electron chi connectivity index (χ3n) is 9.20. The maximum atomic E-state index is 14.0. The number of quaternary nitrogens is 1. The minimum atomic E-state index is -4.62. The van der Waals surface area contributed by atoms with Crippen molar-refractivity contribution in [1.82, 2.24) is 24.2 Å². The smallest absolute Gasteiger partial charge is 0.416 e. The van der Waals surface area contributed by atoms with Crippen LogP contribution < -0.4 is 11.0 Å². The summed E-state index contributed by atoms with van der Waals surface area (Å²) in [5, 5.41) is 16.6. The van der Waals surface area contributed by atoms with E-state index in [9.17, 15) is 41.0 Å². The van der Waals surface area contributed by atoms with Gasteiger partial charge in [0.25, 0.3) is 0 Å². The van der Waals surface area contributed by atoms with E-state index in [1.54, 1.807) is 43.3 Å². The highest BCUT2D eigenvalue weighted by molar-refractivity contribution is 7.85. The number of halogens is 3. The van der Waals surface area contributed by atoms with E-state index in [0.29, 0.717) is 23.0 Å². The molecule has 278 valence electrons. The number of imidazole rings is 1. The zero-order valence-corrected chi connectivity index (χ0v) is 30.2. The highest BCUT2D eigenvalue weighted by Gasteiger charge is 2.34. The molecule has 1 saturated carbocycles. The van der Waals surface area contributed by atoms with Gasteiger partial charge in [0.1, 0.15) is 15.8 Å². The van der Waals surface area contributed by atoms with Crippen molar-refractivity contribution in [3.63, 3.8) is 0 Å². The Balaban J connectivity index is 0.000000469. The molecular formula is C37H38F3N7O5S. The molecule has 2 heterocycles. The fourth-order valence-electron chi connectivity index (χ4n) is 6.41. The third-order valence-corrected chi connectivity index (χ3v) is 10.0. The molecule has 0 atom stereocenters. The fourth-order valence-corrected chi connectivity index (χ4v) is 6.90. The van der Waals surface area contributed by atoms with Gasteiger partial charge in [-0.1, -0.05) is 24.3 Å². The van der Waals surface area contributed by atoms with Crippen LogP contribution in [0.4, 0.5) is 18.0 Å². The van der Waals surface area contributed by atoms with Gasteiger partial charge in [0, 0.05) is 18.9 Å². The number of rotatable bonds is 6. The molecular weight excluding hydrogens is 712 g/mol. The summed E-state index contributed by atoms with van der Waals surface area (Å²) in [7, 11) is 2.18. The SMILES string of the molecule is Cc1c(-c2ccnn2-c2ccc(C#N)cc2)n(C(=O)NC2CCC([N+](C)(C)C)CC2)c(=O)n1-c1cccc(C(F)(F)F)c1.O=S(=O)([O-])c1ccccc1. The van der Waals surface area contributed by atoms with Crippen LogP contribution in [0.15, 0.2) is 101 Å². The Morgan fingerprint density at radius 2 is 1.58 bits per heavy atom. The molecule has 6 rings (SSSR count). The minimum Gasteiger partial charge on any atom is -0.744 e. The predicted molar refractivity (Wildman–Crippen MR) is 189 cm³/mol. The first-order valence-corrected chi connectivity index (χ1v) is 18.0. The lowest BCUT2D eigenvalue weighted by Gasteiger charge is -2.38. The summed E-state index contributed by atoms with van der Waals surface area (Å²) in [5.41, 5.74) is 0.143. The van der Waals surface area contributed by atoms with Crippen LogP contribution in [-0.4, -0.2) is 75.6 Å². The van der Waals surface area contributed by atoms with Gasteiger partial charge in [-0.15, -0.1) is 0 Å². The van der Waals surface area contributed by atoms with E-state index in [1.165, 1.54) is 47.3 Å². The molecule has 0 bridgehead atoms. The first kappa shape index (κ1) is 38.7. The first-order chi connectivity index (χ1) is 24.9. The van der Waals surface area contributed by atoms with Gasteiger partial charge >= 0.3 is 17.9 Å². The molecule has 12 nitrogen and oxygen atoms in total. The Hall–Kier alpha value is -5.50. The van der Waals surface area contributed by atoms with Crippen molar-refractivity contribution < 1.29 is 35.4 Å². The molecule has 0 unspecified atom stereocenters. The van der Waals surface area contributed by atoms with E-state index >= 15 is 0 Å². The number of hydrogen-bond donors (Lipinski definition) is 1. The van der Waals surface area contributed by atoms with Crippen LogP contribution >= 0.6 is 0 Å². The lowest BCUT2D eigenvalue weighted by molar-refractivity contribution is -0.897. The number of nitriles is 1. The van der Waals surface area contributed by atoms with E-state index in [-0.39, 0.29) is 28.0 Å². The number of carbonyl (C=O) groups is 1. The van der Waals surface area contributed by atoms with E-state index in [1.807, 2.05) is 0 Å². The number of alkyl halides is 3. The molecule has 53 heavy (non-hydrogen) atoms. The van der Waals surface area contributed by atoms with Gasteiger partial charge in [-0.05, 0) is 80.4 Å². The molecule has 5 aromatic rings. The number of benzene rings is 3. The van der Waals surface area contributed by atoms with E-state index in [0.717, 1.165) is 51.4 Å². The Morgan fingerprint density at radius 3 is 2.13 bits per heavy atom. The highest BCUT2D eigenvalue weighted by atomic mass is 32.2. The molecule has 0 spiro atoms. The topological polar surface area (TPSA) is 155 Å². The molecule has 16 heteroatoms. The van der Waals surface area contributed by atoms with E-state index in [4.69, 9.17) is 0 Å². The van der Waals surface area contributed by atoms with Gasteiger partial charge in [-0.3, -0.25) is 4.57 Å². The van der Waals surface area contributed by atoms with Crippen molar-refractivity contribution in [1.29, 1.82) is 5.26 Å². The maximum absolute atomic E-state index is 14.0. The van der Waals surface area contributed by atoms with Crippen molar-refractivity contribution in [2.24, 2.45) is 0 Å². The summed E-state index contributed by atoms with van der Waals surface area (Å²) >= 11 is 0. The molecule has 1 amide bonds. The summed E-state index contributed by atoms with van der Waals surface area (Å²) < 4.78 is 76.0. The lowest BCUT2D eigenvalue weighted by atomic mass is 9.89. The van der Waals surface area contributed by atoms with Gasteiger partial charge in [0.05, 0.1) is 78.2 Å². The molecule has 0 saturated heterocycles. The second-order valence-electron chi connectivity index (χ2n) is 13.6. The van der Waals surface area contributed by atoms with E-state index in [2.05, 4.69) is 37.6 Å². The van der Waals surface area contributed by atoms with E-state index < -0.39 is 33.6 Å². The Bertz CT molecular complexity index is 2290. The Kier molecular flexibility index (Phi) is 11.1. The monoisotopic (exact) mass is 749 g/mol. The summed E-state index contributed by atoms with van der Waals surface area (Å²) in [5.74, 6) is 0. The Morgan fingerprint density at radius 1 is 0.943 bits per heavy atom. The van der Waals surface area contributed by atoms with Gasteiger partial charge in [0.2, 0.25) is 0 Å². The van der Waals surface area contributed by atoms with Gasteiger partial charge in [-0.25, -0.2) is 27.3 Å². The number of amides is 1. The van der Waals surface area contributed by atoms with Crippen LogP contribution in [0.2, 0.25) is 0 Å². The predicted octanol–water partition coefficient (Wildman–Crippen LogP) is 5.86. The van der Waals surface area contributed by atoms with Gasteiger partial charge in [0.15, 0.2) is 0 Å². The van der Waals surface area contributed by atoms with Crippen LogP contribution in [0.25, 0.3) is 22.8 Å². The summed E-state index contributed by atoms with van der Waals surface area (Å²) in [4.78, 5) is 27.7. The first-order valence-electron chi connectivity index (χ1n) is 16.6. The summed E-state index contributed by atoms with van der Waals surface area (Å²) in [6, 6.07) is 21.6. The van der Waals surface area contributed by atoms with Crippen LogP contribution in [0.5, 0.6) is 0 Å². The number of carbonyl (C=O) groups excluding carboxylic acids is 1. The highest BCUT2D eigenvalue weighted by Crippen LogP contribution is 2.32. The van der Waals surface area contributed by atoms with Crippen LogP contribution in [0.1, 0.15) is 42.5 Å². The average molecular weight is 750 g/mol. The minimum absolute atomic E-state index is 0.0157. The number of nitrogens with one attached hydrogen (secondary N) is 1. The summed E-state index contributed by atoms with van der Waals surface area (Å²) in [6.07, 6.45) is 0.194. The molecule has 0 radical (unpaired) electrons. The normalized spacial score (nSPS) is 16.3. The van der Waals surface area contributed by atoms with Gasteiger partial charge in [-0.2, -0.15) is 23.5 Å². The van der Waals surface area contributed by atoms with Crippen LogP contribution in [0.3, 0.4) is 0 Å². The quantitative estimate of drug-likeness (QED) is 0.169. The second-order valence-corrected chi connectivity index (χ2v) is 14.9. The van der Waals surface area contributed by atoms with Crippen molar-refractivity contribution in [2.75, 3.05) is 21.1 Å². The molecule has 2 aromatic heterocycles. The van der Waals surface area contributed by atoms with Crippen LogP contribution in [0, 0.1) is 18.3 Å². The second kappa shape index (κ2) is 15.2. The molecule has 1 fully saturated rings.